The molecule has 4 aromatic rings. The number of hydrogen-bond acceptors (Lipinski definition) is 4. The second kappa shape index (κ2) is 11.2. The summed E-state index contributed by atoms with van der Waals surface area (Å²) in [5.41, 5.74) is 5.21. The van der Waals surface area contributed by atoms with Gasteiger partial charge in [0.05, 0.1) is 18.8 Å². The molecule has 190 valence electrons. The topological polar surface area (TPSA) is 47.6 Å². The first-order chi connectivity index (χ1) is 18.0. The zero-order chi connectivity index (χ0) is 25.8. The Bertz CT molecular complexity index is 1390. The van der Waals surface area contributed by atoms with Crippen LogP contribution in [-0.4, -0.2) is 25.7 Å². The molecule has 0 amide bonds. The van der Waals surface area contributed by atoms with E-state index in [1.165, 1.54) is 29.0 Å². The first-order valence-corrected chi connectivity index (χ1v) is 13.2. The molecule has 0 saturated heterocycles. The second-order valence-electron chi connectivity index (χ2n) is 10.0. The van der Waals surface area contributed by atoms with Gasteiger partial charge in [-0.15, -0.1) is 0 Å². The van der Waals surface area contributed by atoms with Gasteiger partial charge in [-0.2, -0.15) is 0 Å². The molecule has 37 heavy (non-hydrogen) atoms. The molecule has 1 aliphatic heterocycles. The Hall–Kier alpha value is -3.63. The predicted octanol–water partition coefficient (Wildman–Crippen LogP) is 7.35. The smallest absolute Gasteiger partial charge is 0.338 e. The molecule has 4 nitrogen and oxygen atoms in total. The molecule has 0 bridgehead atoms. The van der Waals surface area contributed by atoms with Crippen LogP contribution in [0.5, 0.6) is 5.75 Å². The number of rotatable bonds is 8. The predicted molar refractivity (Wildman–Crippen MR) is 149 cm³/mol. The Balaban J connectivity index is 1.26. The molecule has 3 atom stereocenters. The van der Waals surface area contributed by atoms with Crippen molar-refractivity contribution in [2.45, 2.75) is 51.2 Å². The van der Waals surface area contributed by atoms with Crippen molar-refractivity contribution in [3.63, 3.8) is 0 Å². The molecule has 1 aliphatic rings. The lowest BCUT2D eigenvalue weighted by atomic mass is 9.82. The van der Waals surface area contributed by atoms with Gasteiger partial charge in [-0.3, -0.25) is 0 Å². The third-order valence-electron chi connectivity index (χ3n) is 7.60. The lowest BCUT2D eigenvalue weighted by Crippen LogP contribution is -2.28. The van der Waals surface area contributed by atoms with E-state index in [0.717, 1.165) is 42.7 Å². The van der Waals surface area contributed by atoms with Gasteiger partial charge in [0.2, 0.25) is 0 Å². The van der Waals surface area contributed by atoms with Gasteiger partial charge in [-0.25, -0.2) is 4.79 Å². The van der Waals surface area contributed by atoms with E-state index < -0.39 is 0 Å². The Morgan fingerprint density at radius 3 is 2.68 bits per heavy atom. The van der Waals surface area contributed by atoms with Crippen molar-refractivity contribution in [3.8, 4) is 5.75 Å². The molecule has 0 aliphatic carbocycles. The molecule has 4 heteroatoms. The summed E-state index contributed by atoms with van der Waals surface area (Å²) in [5, 5.41) is 6.31. The monoisotopic (exact) mass is 493 g/mol. The zero-order valence-corrected chi connectivity index (χ0v) is 21.9. The standard InChI is InChI=1S/C33H35NO3/c1-22-17-18-25(20-30(22)33(35)36-3)31-21-26(37-32-16-7-6-14-29(31)32)12-9-19-34-23(2)27-15-8-11-24-10-4-5-13-28(24)27/h4-8,10-11,13-18,20,23,26,31,34H,9,12,19,21H2,1-3H3. The first-order valence-electron chi connectivity index (χ1n) is 13.2. The fourth-order valence-electron chi connectivity index (χ4n) is 5.56. The van der Waals surface area contributed by atoms with E-state index >= 15 is 0 Å². The number of para-hydroxylation sites is 1. The van der Waals surface area contributed by atoms with Gasteiger partial charge in [0, 0.05) is 17.5 Å². The minimum atomic E-state index is -0.289. The van der Waals surface area contributed by atoms with Crippen LogP contribution in [-0.2, 0) is 4.74 Å². The van der Waals surface area contributed by atoms with Gasteiger partial charge < -0.3 is 14.8 Å². The highest BCUT2D eigenvalue weighted by Gasteiger charge is 2.29. The molecular weight excluding hydrogens is 458 g/mol. The third kappa shape index (κ3) is 5.40. The van der Waals surface area contributed by atoms with Crippen molar-refractivity contribution in [2.75, 3.05) is 13.7 Å². The number of carbonyl (C=O) groups is 1. The van der Waals surface area contributed by atoms with E-state index in [1.807, 2.05) is 25.1 Å². The van der Waals surface area contributed by atoms with E-state index in [0.29, 0.717) is 5.56 Å². The fraction of sp³-hybridized carbons (Fsp3) is 0.303. The molecule has 1 heterocycles. The van der Waals surface area contributed by atoms with Crippen molar-refractivity contribution in [3.05, 3.63) is 113 Å². The summed E-state index contributed by atoms with van der Waals surface area (Å²) in [6, 6.07) is 29.8. The first kappa shape index (κ1) is 25.0. The molecule has 1 N–H and O–H groups in total. The molecule has 0 spiro atoms. The molecule has 3 unspecified atom stereocenters. The fourth-order valence-corrected chi connectivity index (χ4v) is 5.56. The molecule has 5 rings (SSSR count). The lowest BCUT2D eigenvalue weighted by molar-refractivity contribution is 0.0599. The number of esters is 1. The molecular formula is C33H35NO3. The number of carbonyl (C=O) groups excluding carboxylic acids is 1. The van der Waals surface area contributed by atoms with Gasteiger partial charge in [0.1, 0.15) is 5.75 Å². The quantitative estimate of drug-likeness (QED) is 0.206. The summed E-state index contributed by atoms with van der Waals surface area (Å²) in [6.07, 6.45) is 3.00. The molecule has 0 fully saturated rings. The van der Waals surface area contributed by atoms with Gasteiger partial charge in [-0.05, 0) is 79.3 Å². The van der Waals surface area contributed by atoms with Crippen LogP contribution in [0.4, 0.5) is 0 Å². The van der Waals surface area contributed by atoms with Crippen LogP contribution >= 0.6 is 0 Å². The minimum absolute atomic E-state index is 0.123. The van der Waals surface area contributed by atoms with Gasteiger partial charge >= 0.3 is 5.97 Å². The van der Waals surface area contributed by atoms with E-state index in [1.54, 1.807) is 0 Å². The highest BCUT2D eigenvalue weighted by molar-refractivity contribution is 5.91. The van der Waals surface area contributed by atoms with Crippen LogP contribution < -0.4 is 10.1 Å². The average Bonchev–Trinajstić information content (AvgIpc) is 2.94. The van der Waals surface area contributed by atoms with Gasteiger partial charge in [0.25, 0.3) is 0 Å². The Morgan fingerprint density at radius 1 is 1.03 bits per heavy atom. The van der Waals surface area contributed by atoms with Crippen LogP contribution in [0.25, 0.3) is 10.8 Å². The minimum Gasteiger partial charge on any atom is -0.490 e. The summed E-state index contributed by atoms with van der Waals surface area (Å²) >= 11 is 0. The van der Waals surface area contributed by atoms with E-state index in [9.17, 15) is 4.79 Å². The number of methoxy groups -OCH3 is 1. The molecule has 0 saturated carbocycles. The van der Waals surface area contributed by atoms with Crippen LogP contribution in [0.1, 0.15) is 70.8 Å². The van der Waals surface area contributed by atoms with Crippen LogP contribution in [0.3, 0.4) is 0 Å². The van der Waals surface area contributed by atoms with Gasteiger partial charge in [0.15, 0.2) is 0 Å². The summed E-state index contributed by atoms with van der Waals surface area (Å²) in [4.78, 5) is 12.3. The van der Waals surface area contributed by atoms with Crippen molar-refractivity contribution in [2.24, 2.45) is 0 Å². The Kier molecular flexibility index (Phi) is 7.57. The van der Waals surface area contributed by atoms with Crippen LogP contribution in [0.2, 0.25) is 0 Å². The van der Waals surface area contributed by atoms with Crippen molar-refractivity contribution in [1.82, 2.24) is 5.32 Å². The van der Waals surface area contributed by atoms with Crippen molar-refractivity contribution < 1.29 is 14.3 Å². The third-order valence-corrected chi connectivity index (χ3v) is 7.60. The van der Waals surface area contributed by atoms with Crippen LogP contribution in [0.15, 0.2) is 84.9 Å². The number of hydrogen-bond donors (Lipinski definition) is 1. The molecule has 0 radical (unpaired) electrons. The number of aryl methyl sites for hydroxylation is 1. The highest BCUT2D eigenvalue weighted by Crippen LogP contribution is 2.41. The maximum atomic E-state index is 12.3. The second-order valence-corrected chi connectivity index (χ2v) is 10.0. The Morgan fingerprint density at radius 2 is 1.81 bits per heavy atom. The summed E-state index contributed by atoms with van der Waals surface area (Å²) in [7, 11) is 1.43. The van der Waals surface area contributed by atoms with Gasteiger partial charge in [-0.1, -0.05) is 72.8 Å². The highest BCUT2D eigenvalue weighted by atomic mass is 16.5. The van der Waals surface area contributed by atoms with Crippen LogP contribution in [0, 0.1) is 6.92 Å². The van der Waals surface area contributed by atoms with E-state index in [-0.39, 0.29) is 24.0 Å². The maximum Gasteiger partial charge on any atom is 0.338 e. The van der Waals surface area contributed by atoms with E-state index in [4.69, 9.17) is 9.47 Å². The summed E-state index contributed by atoms with van der Waals surface area (Å²) in [6.45, 7) is 5.11. The largest absolute Gasteiger partial charge is 0.490 e. The Labute approximate surface area is 219 Å². The lowest BCUT2D eigenvalue weighted by Gasteiger charge is -2.33. The summed E-state index contributed by atoms with van der Waals surface area (Å²) < 4.78 is 11.5. The SMILES string of the molecule is COC(=O)c1cc(C2CC(CCCNC(C)c3cccc4ccccc34)Oc3ccccc32)ccc1C. The van der Waals surface area contributed by atoms with Crippen molar-refractivity contribution >= 4 is 16.7 Å². The number of nitrogens with one attached hydrogen (secondary N) is 1. The van der Waals surface area contributed by atoms with E-state index in [2.05, 4.69) is 79.0 Å². The summed E-state index contributed by atoms with van der Waals surface area (Å²) in [5.74, 6) is 0.838. The maximum absolute atomic E-state index is 12.3. The number of benzene rings is 4. The molecule has 0 aromatic heterocycles. The average molecular weight is 494 g/mol. The zero-order valence-electron chi connectivity index (χ0n) is 21.9. The number of ether oxygens (including phenoxy) is 2. The normalized spacial score (nSPS) is 17.6. The number of fused-ring (bicyclic) bond motifs is 2. The molecule has 4 aromatic carbocycles. The van der Waals surface area contributed by atoms with Crippen molar-refractivity contribution in [1.29, 1.82) is 0 Å².